The van der Waals surface area contributed by atoms with E-state index in [4.69, 9.17) is 5.73 Å². The zero-order valence-electron chi connectivity index (χ0n) is 8.52. The van der Waals surface area contributed by atoms with Crippen molar-refractivity contribution >= 4 is 10.0 Å². The standard InChI is InChI=1S/C7H12F2N4O2S/c1-5-6(4-11-13(5)7(8)9)16(14,15)12-3-2-10/h4,7,12H,2-3,10H2,1H3. The SMILES string of the molecule is Cc1c(S(=O)(=O)NCCN)cnn1C(F)F. The molecule has 0 bridgehead atoms. The average Bonchev–Trinajstić information content (AvgIpc) is 2.58. The van der Waals surface area contributed by atoms with Gasteiger partial charge in [0.1, 0.15) is 4.90 Å². The van der Waals surface area contributed by atoms with Gasteiger partial charge < -0.3 is 5.73 Å². The van der Waals surface area contributed by atoms with Gasteiger partial charge in [0.15, 0.2) is 0 Å². The van der Waals surface area contributed by atoms with E-state index in [0.29, 0.717) is 4.68 Å². The molecule has 0 saturated heterocycles. The number of alkyl halides is 2. The van der Waals surface area contributed by atoms with Gasteiger partial charge in [-0.25, -0.2) is 17.8 Å². The second-order valence-electron chi connectivity index (χ2n) is 3.00. The predicted molar refractivity (Wildman–Crippen MR) is 52.5 cm³/mol. The number of hydrogen-bond donors (Lipinski definition) is 2. The highest BCUT2D eigenvalue weighted by Crippen LogP contribution is 2.19. The van der Waals surface area contributed by atoms with Crippen molar-refractivity contribution < 1.29 is 17.2 Å². The quantitative estimate of drug-likeness (QED) is 0.763. The average molecular weight is 254 g/mol. The van der Waals surface area contributed by atoms with Gasteiger partial charge in [0.05, 0.1) is 11.9 Å². The molecule has 0 aliphatic rings. The normalized spacial score (nSPS) is 12.3. The minimum Gasteiger partial charge on any atom is -0.329 e. The third-order valence-electron chi connectivity index (χ3n) is 1.91. The topological polar surface area (TPSA) is 90.0 Å². The third-order valence-corrected chi connectivity index (χ3v) is 3.47. The molecule has 0 atom stereocenters. The first-order valence-corrected chi connectivity index (χ1v) is 5.90. The van der Waals surface area contributed by atoms with Crippen LogP contribution in [0, 0.1) is 6.92 Å². The second-order valence-corrected chi connectivity index (χ2v) is 4.74. The Morgan fingerprint density at radius 1 is 1.62 bits per heavy atom. The summed E-state index contributed by atoms with van der Waals surface area (Å²) in [5.41, 5.74) is 5.03. The first-order valence-electron chi connectivity index (χ1n) is 4.42. The van der Waals surface area contributed by atoms with Gasteiger partial charge in [-0.2, -0.15) is 13.9 Å². The van der Waals surface area contributed by atoms with E-state index in [1.165, 1.54) is 6.92 Å². The van der Waals surface area contributed by atoms with E-state index < -0.39 is 16.6 Å². The van der Waals surface area contributed by atoms with E-state index in [1.54, 1.807) is 0 Å². The van der Waals surface area contributed by atoms with E-state index in [2.05, 4.69) is 9.82 Å². The van der Waals surface area contributed by atoms with Crippen LogP contribution in [0.4, 0.5) is 8.78 Å². The fourth-order valence-electron chi connectivity index (χ4n) is 1.14. The molecule has 3 N–H and O–H groups in total. The lowest BCUT2D eigenvalue weighted by Crippen LogP contribution is -2.29. The Labute approximate surface area is 91.5 Å². The number of hydrogen-bond acceptors (Lipinski definition) is 4. The summed E-state index contributed by atoms with van der Waals surface area (Å²) < 4.78 is 50.4. The van der Waals surface area contributed by atoms with Crippen LogP contribution >= 0.6 is 0 Å². The molecule has 1 heterocycles. The Bertz CT molecular complexity index is 457. The summed E-state index contributed by atoms with van der Waals surface area (Å²) in [5, 5.41) is 3.31. The molecule has 0 spiro atoms. The van der Waals surface area contributed by atoms with Gasteiger partial charge in [-0.15, -0.1) is 0 Å². The van der Waals surface area contributed by atoms with E-state index >= 15 is 0 Å². The summed E-state index contributed by atoms with van der Waals surface area (Å²) in [6.45, 7) is -1.43. The minimum absolute atomic E-state index is 0.0433. The summed E-state index contributed by atoms with van der Waals surface area (Å²) >= 11 is 0. The monoisotopic (exact) mass is 254 g/mol. The fourth-order valence-corrected chi connectivity index (χ4v) is 2.35. The van der Waals surface area contributed by atoms with Crippen molar-refractivity contribution in [2.24, 2.45) is 5.73 Å². The summed E-state index contributed by atoms with van der Waals surface area (Å²) in [6, 6.07) is 0. The molecule has 1 rings (SSSR count). The number of nitrogens with one attached hydrogen (secondary N) is 1. The van der Waals surface area contributed by atoms with Crippen molar-refractivity contribution in [3.8, 4) is 0 Å². The van der Waals surface area contributed by atoms with Crippen LogP contribution in [0.1, 0.15) is 12.2 Å². The Morgan fingerprint density at radius 3 is 2.69 bits per heavy atom. The molecule has 92 valence electrons. The van der Waals surface area contributed by atoms with Crippen molar-refractivity contribution in [1.29, 1.82) is 0 Å². The first-order chi connectivity index (χ1) is 7.40. The lowest BCUT2D eigenvalue weighted by atomic mass is 10.5. The maximum absolute atomic E-state index is 12.3. The van der Waals surface area contributed by atoms with Crippen LogP contribution in [0.5, 0.6) is 0 Å². The maximum Gasteiger partial charge on any atom is 0.333 e. The summed E-state index contributed by atoms with van der Waals surface area (Å²) in [4.78, 5) is -0.263. The summed E-state index contributed by atoms with van der Waals surface area (Å²) in [5.74, 6) is 0. The van der Waals surface area contributed by atoms with Gasteiger partial charge >= 0.3 is 6.55 Å². The van der Waals surface area contributed by atoms with E-state index in [9.17, 15) is 17.2 Å². The molecule has 0 aliphatic heterocycles. The highest BCUT2D eigenvalue weighted by molar-refractivity contribution is 7.89. The minimum atomic E-state index is -3.81. The molecule has 0 unspecified atom stereocenters. The molecule has 16 heavy (non-hydrogen) atoms. The molecule has 0 radical (unpaired) electrons. The van der Waals surface area contributed by atoms with Gasteiger partial charge in [0.25, 0.3) is 0 Å². The number of aromatic nitrogens is 2. The number of nitrogens with two attached hydrogens (primary N) is 1. The van der Waals surface area contributed by atoms with Crippen molar-refractivity contribution in [1.82, 2.24) is 14.5 Å². The molecule has 0 aliphatic carbocycles. The molecule has 1 aromatic heterocycles. The number of rotatable bonds is 5. The smallest absolute Gasteiger partial charge is 0.329 e. The van der Waals surface area contributed by atoms with Crippen molar-refractivity contribution in [2.45, 2.75) is 18.4 Å². The Balaban J connectivity index is 3.05. The zero-order valence-corrected chi connectivity index (χ0v) is 9.34. The lowest BCUT2D eigenvalue weighted by molar-refractivity contribution is 0.0541. The van der Waals surface area contributed by atoms with Crippen LogP contribution < -0.4 is 10.5 Å². The van der Waals surface area contributed by atoms with Gasteiger partial charge in [-0.1, -0.05) is 0 Å². The van der Waals surface area contributed by atoms with Gasteiger partial charge in [0, 0.05) is 13.1 Å². The van der Waals surface area contributed by atoms with Crippen LogP contribution in [0.25, 0.3) is 0 Å². The van der Waals surface area contributed by atoms with Gasteiger partial charge in [-0.3, -0.25) is 0 Å². The predicted octanol–water partition coefficient (Wildman–Crippen LogP) is -0.176. The zero-order chi connectivity index (χ0) is 12.3. The first kappa shape index (κ1) is 13.0. The van der Waals surface area contributed by atoms with E-state index in [-0.39, 0.29) is 23.7 Å². The van der Waals surface area contributed by atoms with Crippen LogP contribution in [0.2, 0.25) is 0 Å². The highest BCUT2D eigenvalue weighted by Gasteiger charge is 2.22. The molecule has 9 heteroatoms. The van der Waals surface area contributed by atoms with Gasteiger partial charge in [-0.05, 0) is 6.92 Å². The third kappa shape index (κ3) is 2.54. The van der Waals surface area contributed by atoms with Crippen LogP contribution in [0.15, 0.2) is 11.1 Å². The highest BCUT2D eigenvalue weighted by atomic mass is 32.2. The number of sulfonamides is 1. The lowest BCUT2D eigenvalue weighted by Gasteiger charge is -2.05. The van der Waals surface area contributed by atoms with E-state index in [1.807, 2.05) is 0 Å². The molecule has 6 nitrogen and oxygen atoms in total. The molecule has 1 aromatic rings. The molecular weight excluding hydrogens is 242 g/mol. The Hall–Kier alpha value is -1.06. The van der Waals surface area contributed by atoms with Crippen molar-refractivity contribution in [3.05, 3.63) is 11.9 Å². The van der Waals surface area contributed by atoms with Crippen LogP contribution in [0.3, 0.4) is 0 Å². The number of halogens is 2. The number of nitrogens with zero attached hydrogens (tertiary/aromatic N) is 2. The van der Waals surface area contributed by atoms with Gasteiger partial charge in [0.2, 0.25) is 10.0 Å². The Morgan fingerprint density at radius 2 is 2.25 bits per heavy atom. The molecular formula is C7H12F2N4O2S. The molecule has 0 fully saturated rings. The summed E-state index contributed by atoms with van der Waals surface area (Å²) in [7, 11) is -3.81. The largest absolute Gasteiger partial charge is 0.333 e. The van der Waals surface area contributed by atoms with Crippen LogP contribution in [-0.2, 0) is 10.0 Å². The van der Waals surface area contributed by atoms with Crippen LogP contribution in [-0.4, -0.2) is 31.3 Å². The maximum atomic E-state index is 12.3. The molecule has 0 aromatic carbocycles. The Kier molecular flexibility index (Phi) is 3.94. The fraction of sp³-hybridized carbons (Fsp3) is 0.571. The molecule has 0 amide bonds. The van der Waals surface area contributed by atoms with Crippen molar-refractivity contribution in [2.75, 3.05) is 13.1 Å². The summed E-state index contributed by atoms with van der Waals surface area (Å²) in [6.07, 6.45) is 0.889. The molecule has 0 saturated carbocycles. The second kappa shape index (κ2) is 4.85. The van der Waals surface area contributed by atoms with E-state index in [0.717, 1.165) is 6.20 Å². The van der Waals surface area contributed by atoms with Crippen molar-refractivity contribution in [3.63, 3.8) is 0 Å².